The van der Waals surface area contributed by atoms with Crippen molar-refractivity contribution in [1.82, 2.24) is 24.1 Å². The molecule has 1 unspecified atom stereocenters. The molecule has 3 aromatic heterocycles. The maximum absolute atomic E-state index is 13.6. The Morgan fingerprint density at radius 1 is 1.15 bits per heavy atom. The Morgan fingerprint density at radius 3 is 2.82 bits per heavy atom. The summed E-state index contributed by atoms with van der Waals surface area (Å²) in [5.41, 5.74) is 9.08. The Bertz CT molecular complexity index is 1460. The summed E-state index contributed by atoms with van der Waals surface area (Å²) >= 11 is 0. The number of fused-ring (bicyclic) bond motifs is 2. The molecule has 1 atom stereocenters. The number of anilines is 1. The lowest BCUT2D eigenvalue weighted by Crippen LogP contribution is -2.44. The molecule has 0 saturated carbocycles. The van der Waals surface area contributed by atoms with E-state index in [1.165, 1.54) is 0 Å². The predicted molar refractivity (Wildman–Crippen MR) is 130 cm³/mol. The minimum Gasteiger partial charge on any atom is -0.341 e. The number of rotatable bonds is 4. The predicted octanol–water partition coefficient (Wildman–Crippen LogP) is 2.45. The van der Waals surface area contributed by atoms with E-state index in [2.05, 4.69) is 26.7 Å². The third-order valence-corrected chi connectivity index (χ3v) is 6.16. The van der Waals surface area contributed by atoms with Crippen LogP contribution in [0.5, 0.6) is 0 Å². The first-order valence-corrected chi connectivity index (χ1v) is 11.3. The fraction of sp³-hybridized carbons (Fsp3) is 0.360. The molecular formula is C25H27N7O. The lowest BCUT2D eigenvalue weighted by atomic mass is 10.1. The normalized spacial score (nSPS) is 16.2. The minimum atomic E-state index is -0.125. The molecule has 4 heterocycles. The highest BCUT2D eigenvalue weighted by Crippen LogP contribution is 2.23. The van der Waals surface area contributed by atoms with Crippen molar-refractivity contribution in [2.24, 2.45) is 5.73 Å². The molecule has 1 saturated heterocycles. The van der Waals surface area contributed by atoms with Gasteiger partial charge >= 0.3 is 0 Å². The summed E-state index contributed by atoms with van der Waals surface area (Å²) in [5.74, 6) is 7.40. The van der Waals surface area contributed by atoms with Crippen LogP contribution in [0.1, 0.15) is 31.3 Å². The second-order valence-electron chi connectivity index (χ2n) is 8.50. The van der Waals surface area contributed by atoms with Gasteiger partial charge in [-0.15, -0.1) is 5.92 Å². The number of nitrogens with two attached hydrogens (primary N) is 1. The highest BCUT2D eigenvalue weighted by Gasteiger charge is 2.24. The maximum Gasteiger partial charge on any atom is 0.277 e. The number of imidazole rings is 1. The molecule has 0 aliphatic carbocycles. The summed E-state index contributed by atoms with van der Waals surface area (Å²) in [6.45, 7) is 6.05. The maximum atomic E-state index is 13.6. The van der Waals surface area contributed by atoms with Gasteiger partial charge in [0.1, 0.15) is 11.3 Å². The van der Waals surface area contributed by atoms with Crippen LogP contribution in [-0.4, -0.2) is 43.2 Å². The van der Waals surface area contributed by atoms with E-state index < -0.39 is 0 Å². The Morgan fingerprint density at radius 2 is 2.00 bits per heavy atom. The highest BCUT2D eigenvalue weighted by atomic mass is 16.1. The van der Waals surface area contributed by atoms with Crippen LogP contribution in [0.4, 0.5) is 5.95 Å². The van der Waals surface area contributed by atoms with Crippen molar-refractivity contribution in [3.63, 3.8) is 0 Å². The van der Waals surface area contributed by atoms with E-state index in [1.807, 2.05) is 41.8 Å². The quantitative estimate of drug-likeness (QED) is 0.489. The molecule has 1 aromatic carbocycles. The van der Waals surface area contributed by atoms with E-state index in [0.717, 1.165) is 48.5 Å². The molecule has 2 N–H and O–H groups in total. The van der Waals surface area contributed by atoms with Gasteiger partial charge in [-0.05, 0) is 38.8 Å². The third-order valence-electron chi connectivity index (χ3n) is 6.16. The van der Waals surface area contributed by atoms with Crippen molar-refractivity contribution < 1.29 is 0 Å². The molecule has 1 aliphatic heterocycles. The molecular weight excluding hydrogens is 414 g/mol. The van der Waals surface area contributed by atoms with Gasteiger partial charge in [0.2, 0.25) is 5.95 Å². The van der Waals surface area contributed by atoms with Gasteiger partial charge in [-0.3, -0.25) is 9.36 Å². The lowest BCUT2D eigenvalue weighted by molar-refractivity contribution is 0.496. The average Bonchev–Trinajstić information content (AvgIpc) is 3.19. The molecule has 1 aliphatic rings. The Balaban J connectivity index is 1.59. The number of piperidine rings is 1. The smallest absolute Gasteiger partial charge is 0.277 e. The minimum absolute atomic E-state index is 0.106. The van der Waals surface area contributed by atoms with Crippen LogP contribution in [0.2, 0.25) is 0 Å². The van der Waals surface area contributed by atoms with E-state index in [4.69, 9.17) is 10.7 Å². The molecule has 5 rings (SSSR count). The van der Waals surface area contributed by atoms with Gasteiger partial charge in [0, 0.05) is 36.4 Å². The summed E-state index contributed by atoms with van der Waals surface area (Å²) in [4.78, 5) is 29.9. The molecule has 0 radical (unpaired) electrons. The van der Waals surface area contributed by atoms with E-state index in [1.54, 1.807) is 17.7 Å². The number of pyridine rings is 1. The van der Waals surface area contributed by atoms with Gasteiger partial charge < -0.3 is 15.2 Å². The number of hydrogen-bond acceptors (Lipinski definition) is 6. The second kappa shape index (κ2) is 8.68. The zero-order valence-corrected chi connectivity index (χ0v) is 19.0. The molecule has 0 bridgehead atoms. The fourth-order valence-electron chi connectivity index (χ4n) is 4.55. The van der Waals surface area contributed by atoms with Gasteiger partial charge in [0.25, 0.3) is 5.56 Å². The van der Waals surface area contributed by atoms with Gasteiger partial charge in [0.15, 0.2) is 0 Å². The monoisotopic (exact) mass is 441 g/mol. The van der Waals surface area contributed by atoms with Crippen LogP contribution in [0.3, 0.4) is 0 Å². The first-order chi connectivity index (χ1) is 16.0. The first-order valence-electron chi connectivity index (χ1n) is 11.3. The van der Waals surface area contributed by atoms with E-state index in [9.17, 15) is 4.79 Å². The summed E-state index contributed by atoms with van der Waals surface area (Å²) in [5, 5.41) is 1.02. The SMILES string of the molecule is CC#CCn1c(N2CCCC(N)C2)nc2ccn(Cc3nc(C)c4ccccc4n3)c(=O)c21. The van der Waals surface area contributed by atoms with Crippen molar-refractivity contribution in [2.45, 2.75) is 45.8 Å². The third kappa shape index (κ3) is 3.96. The molecule has 0 amide bonds. The fourth-order valence-corrected chi connectivity index (χ4v) is 4.55. The number of aryl methyl sites for hydroxylation is 1. The zero-order valence-electron chi connectivity index (χ0n) is 19.0. The van der Waals surface area contributed by atoms with Gasteiger partial charge in [-0.2, -0.15) is 0 Å². The Labute approximate surface area is 192 Å². The standard InChI is InChI=1S/C25H27N7O/c1-3-4-13-32-23-21(29-25(32)31-12-7-8-18(26)15-31)11-14-30(24(23)33)16-22-27-17(2)19-9-5-6-10-20(19)28-22/h5-6,9-11,14,18H,7-8,12-13,15-16,26H2,1-2H3. The number of hydrogen-bond donors (Lipinski definition) is 1. The molecule has 8 nitrogen and oxygen atoms in total. The average molecular weight is 442 g/mol. The molecule has 0 spiro atoms. The number of para-hydroxylation sites is 1. The lowest BCUT2D eigenvalue weighted by Gasteiger charge is -2.31. The summed E-state index contributed by atoms with van der Waals surface area (Å²) < 4.78 is 3.57. The van der Waals surface area contributed by atoms with Crippen LogP contribution in [0.25, 0.3) is 21.9 Å². The summed E-state index contributed by atoms with van der Waals surface area (Å²) in [6, 6.07) is 9.89. The second-order valence-corrected chi connectivity index (χ2v) is 8.50. The largest absolute Gasteiger partial charge is 0.341 e. The Kier molecular flexibility index (Phi) is 5.56. The van der Waals surface area contributed by atoms with E-state index in [0.29, 0.717) is 23.4 Å². The van der Waals surface area contributed by atoms with Crippen molar-refractivity contribution in [2.75, 3.05) is 18.0 Å². The van der Waals surface area contributed by atoms with Crippen LogP contribution >= 0.6 is 0 Å². The molecule has 8 heteroatoms. The van der Waals surface area contributed by atoms with Crippen molar-refractivity contribution in [3.05, 3.63) is 58.4 Å². The number of nitrogens with zero attached hydrogens (tertiary/aromatic N) is 6. The zero-order chi connectivity index (χ0) is 22.9. The first kappa shape index (κ1) is 21.2. The van der Waals surface area contributed by atoms with Crippen LogP contribution in [0.15, 0.2) is 41.3 Å². The van der Waals surface area contributed by atoms with Crippen LogP contribution < -0.4 is 16.2 Å². The molecule has 1 fully saturated rings. The van der Waals surface area contributed by atoms with Crippen LogP contribution in [0, 0.1) is 18.8 Å². The van der Waals surface area contributed by atoms with Gasteiger partial charge in [-0.1, -0.05) is 24.1 Å². The van der Waals surface area contributed by atoms with E-state index >= 15 is 0 Å². The van der Waals surface area contributed by atoms with Crippen molar-refractivity contribution >= 4 is 27.9 Å². The van der Waals surface area contributed by atoms with Gasteiger partial charge in [0.05, 0.1) is 24.1 Å². The van der Waals surface area contributed by atoms with E-state index in [-0.39, 0.29) is 18.1 Å². The van der Waals surface area contributed by atoms with Crippen molar-refractivity contribution in [1.29, 1.82) is 0 Å². The molecule has 168 valence electrons. The van der Waals surface area contributed by atoms with Crippen LogP contribution in [-0.2, 0) is 13.1 Å². The number of aromatic nitrogens is 5. The molecule has 4 aromatic rings. The van der Waals surface area contributed by atoms with Gasteiger partial charge in [-0.25, -0.2) is 15.0 Å². The molecule has 33 heavy (non-hydrogen) atoms. The Hall–Kier alpha value is -3.70. The number of benzene rings is 1. The summed E-state index contributed by atoms with van der Waals surface area (Å²) in [6.07, 6.45) is 3.78. The topological polar surface area (TPSA) is 94.9 Å². The highest BCUT2D eigenvalue weighted by molar-refractivity contribution is 5.80. The van der Waals surface area contributed by atoms with Crippen molar-refractivity contribution in [3.8, 4) is 11.8 Å². The summed E-state index contributed by atoms with van der Waals surface area (Å²) in [7, 11) is 0.